The van der Waals surface area contributed by atoms with Crippen LogP contribution < -0.4 is 10.2 Å². The van der Waals surface area contributed by atoms with E-state index in [9.17, 15) is 19.0 Å². The van der Waals surface area contributed by atoms with Crippen LogP contribution in [0.25, 0.3) is 0 Å². The topological polar surface area (TPSA) is 114 Å². The SMILES string of the molecule is CCCCC/C=C\C/C=C\CCCCCCCCCCCCCCCC(=O)OC(/C=C/CCCCCCCCCCCC)C(COP(=O)([O-])OCC[N+](C)(C)C)NC(=O)CCCCCCCCCCC/C=C/CCCCCCCC. The van der Waals surface area contributed by atoms with Gasteiger partial charge in [-0.25, -0.2) is 0 Å². The van der Waals surface area contributed by atoms with Crippen molar-refractivity contribution < 1.29 is 37.3 Å². The fourth-order valence-electron chi connectivity index (χ4n) is 10.1. The molecule has 0 aromatic rings. The number of carbonyl (C=O) groups is 2. The van der Waals surface area contributed by atoms with Crippen molar-refractivity contribution in [3.63, 3.8) is 0 Å². The molecule has 0 fully saturated rings. The minimum atomic E-state index is -4.70. The molecular formula is C70H133N2O7P. The Labute approximate surface area is 497 Å². The van der Waals surface area contributed by atoms with Crippen LogP contribution >= 0.6 is 7.82 Å². The summed E-state index contributed by atoms with van der Waals surface area (Å²) in [6.45, 7) is 6.85. The van der Waals surface area contributed by atoms with E-state index in [0.29, 0.717) is 17.4 Å². The van der Waals surface area contributed by atoms with Crippen molar-refractivity contribution >= 4 is 19.7 Å². The summed E-state index contributed by atoms with van der Waals surface area (Å²) in [6.07, 6.45) is 75.1. The Balaban J connectivity index is 5.10. The number of phosphoric acid groups is 1. The smallest absolute Gasteiger partial charge is 0.306 e. The van der Waals surface area contributed by atoms with Crippen LogP contribution in [-0.2, 0) is 27.9 Å². The normalized spacial score (nSPS) is 13.8. The van der Waals surface area contributed by atoms with Crippen molar-refractivity contribution in [2.24, 2.45) is 0 Å². The summed E-state index contributed by atoms with van der Waals surface area (Å²) >= 11 is 0. The summed E-state index contributed by atoms with van der Waals surface area (Å²) in [5, 5.41) is 3.04. The van der Waals surface area contributed by atoms with E-state index in [1.54, 1.807) is 0 Å². The summed E-state index contributed by atoms with van der Waals surface area (Å²) < 4.78 is 30.4. The third-order valence-corrected chi connectivity index (χ3v) is 16.4. The number of ether oxygens (including phenoxy) is 1. The van der Waals surface area contributed by atoms with E-state index in [4.69, 9.17) is 13.8 Å². The maximum atomic E-state index is 13.6. The predicted octanol–water partition coefficient (Wildman–Crippen LogP) is 21.0. The van der Waals surface area contributed by atoms with Crippen LogP contribution in [0.2, 0.25) is 0 Å². The molecule has 0 aromatic heterocycles. The lowest BCUT2D eigenvalue weighted by atomic mass is 10.0. The minimum Gasteiger partial charge on any atom is -0.756 e. The van der Waals surface area contributed by atoms with E-state index >= 15 is 0 Å². The molecule has 0 rings (SSSR count). The Hall–Kier alpha value is -2.03. The lowest BCUT2D eigenvalue weighted by Crippen LogP contribution is -2.47. The molecule has 3 atom stereocenters. The van der Waals surface area contributed by atoms with Gasteiger partial charge in [-0.3, -0.25) is 14.2 Å². The van der Waals surface area contributed by atoms with Crippen molar-refractivity contribution in [3.05, 3.63) is 48.6 Å². The van der Waals surface area contributed by atoms with Gasteiger partial charge in [-0.05, 0) is 89.5 Å². The molecule has 0 saturated heterocycles. The Morgan fingerprint density at radius 2 is 0.762 bits per heavy atom. The minimum absolute atomic E-state index is 0.0216. The van der Waals surface area contributed by atoms with E-state index in [0.717, 1.165) is 64.2 Å². The number of hydrogen-bond donors (Lipinski definition) is 1. The highest BCUT2D eigenvalue weighted by molar-refractivity contribution is 7.45. The van der Waals surface area contributed by atoms with Crippen molar-refractivity contribution in [1.82, 2.24) is 5.32 Å². The van der Waals surface area contributed by atoms with Crippen molar-refractivity contribution in [2.45, 2.75) is 348 Å². The average Bonchev–Trinajstić information content (AvgIpc) is 3.43. The lowest BCUT2D eigenvalue weighted by Gasteiger charge is -2.30. The van der Waals surface area contributed by atoms with E-state index in [2.05, 4.69) is 62.5 Å². The molecule has 0 radical (unpaired) electrons. The zero-order valence-electron chi connectivity index (χ0n) is 53.8. The zero-order valence-corrected chi connectivity index (χ0v) is 54.7. The molecule has 0 saturated carbocycles. The number of amides is 1. The van der Waals surface area contributed by atoms with E-state index in [1.165, 1.54) is 238 Å². The second-order valence-corrected chi connectivity index (χ2v) is 26.1. The molecule has 0 spiro atoms. The van der Waals surface area contributed by atoms with Crippen LogP contribution in [0.4, 0.5) is 0 Å². The Morgan fingerprint density at radius 3 is 1.16 bits per heavy atom. The summed E-state index contributed by atoms with van der Waals surface area (Å²) in [5.41, 5.74) is 0. The first-order valence-corrected chi connectivity index (χ1v) is 35.9. The lowest BCUT2D eigenvalue weighted by molar-refractivity contribution is -0.870. The van der Waals surface area contributed by atoms with Crippen molar-refractivity contribution in [3.8, 4) is 0 Å². The molecule has 0 aromatic carbocycles. The first-order valence-electron chi connectivity index (χ1n) is 34.4. The molecule has 0 aliphatic rings. The number of unbranched alkanes of at least 4 members (excludes halogenated alkanes) is 41. The maximum absolute atomic E-state index is 13.6. The Bertz CT molecular complexity index is 1510. The van der Waals surface area contributed by atoms with Crippen LogP contribution in [0.5, 0.6) is 0 Å². The number of allylic oxidation sites excluding steroid dienone is 7. The quantitative estimate of drug-likeness (QED) is 0.0212. The highest BCUT2D eigenvalue weighted by Gasteiger charge is 2.27. The molecule has 1 amide bonds. The van der Waals surface area contributed by atoms with Gasteiger partial charge in [0.15, 0.2) is 0 Å². The summed E-state index contributed by atoms with van der Waals surface area (Å²) in [4.78, 5) is 40.1. The van der Waals surface area contributed by atoms with Gasteiger partial charge in [0.25, 0.3) is 7.82 Å². The van der Waals surface area contributed by atoms with Gasteiger partial charge in [0.05, 0.1) is 33.8 Å². The van der Waals surface area contributed by atoms with Crippen LogP contribution in [0.1, 0.15) is 335 Å². The number of esters is 1. The van der Waals surface area contributed by atoms with Crippen molar-refractivity contribution in [2.75, 3.05) is 40.9 Å². The third-order valence-electron chi connectivity index (χ3n) is 15.5. The average molecular weight is 1150 g/mol. The number of quaternary nitrogens is 1. The fraction of sp³-hybridized carbons (Fsp3) is 0.857. The van der Waals surface area contributed by atoms with E-state index in [-0.39, 0.29) is 31.5 Å². The van der Waals surface area contributed by atoms with Gasteiger partial charge in [0, 0.05) is 12.8 Å². The van der Waals surface area contributed by atoms with E-state index in [1.807, 2.05) is 33.3 Å². The standard InChI is InChI=1S/C70H133N2O7P/c1-7-10-13-16-19-22-25-28-30-32-34-35-36-37-39-41-43-45-48-51-54-57-60-63-70(74)79-68(61-58-55-52-49-46-27-24-21-18-15-12-9-3)67(66-78-80(75,76)77-65-64-72(4,5)6)71-69(73)62-59-56-53-50-47-44-42-40-38-33-31-29-26-23-20-17-14-11-8-2/h19,22,28-31,58,61,67-68H,7-18,20-21,23-27,32-57,59-60,62-66H2,1-6H3,(H-,71,73,75,76)/b22-19-,30-28-,31-29+,61-58+. The van der Waals surface area contributed by atoms with Gasteiger partial charge >= 0.3 is 5.97 Å². The summed E-state index contributed by atoms with van der Waals surface area (Å²) in [7, 11) is 1.19. The fourth-order valence-corrected chi connectivity index (χ4v) is 10.9. The second kappa shape index (κ2) is 60.1. The maximum Gasteiger partial charge on any atom is 0.306 e. The number of nitrogens with zero attached hydrogens (tertiary/aromatic N) is 1. The molecule has 3 unspecified atom stereocenters. The van der Waals surface area contributed by atoms with Crippen LogP contribution in [0.3, 0.4) is 0 Å². The van der Waals surface area contributed by atoms with Gasteiger partial charge in [0.2, 0.25) is 5.91 Å². The Morgan fingerprint density at radius 1 is 0.438 bits per heavy atom. The van der Waals surface area contributed by atoms with Crippen molar-refractivity contribution in [1.29, 1.82) is 0 Å². The summed E-state index contributed by atoms with van der Waals surface area (Å²) in [6, 6.07) is -0.889. The number of rotatable bonds is 63. The van der Waals surface area contributed by atoms with Gasteiger partial charge < -0.3 is 28.5 Å². The first-order chi connectivity index (χ1) is 38.9. The van der Waals surface area contributed by atoms with Gasteiger partial charge in [-0.2, -0.15) is 0 Å². The number of nitrogens with one attached hydrogen (secondary N) is 1. The molecule has 0 heterocycles. The van der Waals surface area contributed by atoms with Gasteiger partial charge in [-0.1, -0.05) is 282 Å². The zero-order chi connectivity index (χ0) is 58.6. The second-order valence-electron chi connectivity index (χ2n) is 24.7. The third kappa shape index (κ3) is 60.6. The number of phosphoric ester groups is 1. The first kappa shape index (κ1) is 78.0. The van der Waals surface area contributed by atoms with E-state index < -0.39 is 20.0 Å². The van der Waals surface area contributed by atoms with Gasteiger partial charge in [-0.15, -0.1) is 0 Å². The molecule has 470 valence electrons. The predicted molar refractivity (Wildman–Crippen MR) is 344 cm³/mol. The molecule has 10 heteroatoms. The molecule has 0 aliphatic carbocycles. The van der Waals surface area contributed by atoms with Crippen LogP contribution in [0, 0.1) is 0 Å². The largest absolute Gasteiger partial charge is 0.756 e. The number of likely N-dealkylation sites (N-methyl/N-ethyl adjacent to an activating group) is 1. The van der Waals surface area contributed by atoms with Gasteiger partial charge in [0.1, 0.15) is 19.3 Å². The number of hydrogen-bond acceptors (Lipinski definition) is 7. The Kier molecular flexibility index (Phi) is 58.6. The number of carbonyl (C=O) groups excluding carboxylic acids is 2. The monoisotopic (exact) mass is 1140 g/mol. The van der Waals surface area contributed by atoms with Crippen LogP contribution in [-0.4, -0.2) is 69.4 Å². The highest BCUT2D eigenvalue weighted by atomic mass is 31.2. The molecular weight excluding hydrogens is 1010 g/mol. The molecule has 0 aliphatic heterocycles. The molecule has 1 N–H and O–H groups in total. The molecule has 0 bridgehead atoms. The molecule has 80 heavy (non-hydrogen) atoms. The summed E-state index contributed by atoms with van der Waals surface area (Å²) in [5.74, 6) is -0.531. The highest BCUT2D eigenvalue weighted by Crippen LogP contribution is 2.38. The van der Waals surface area contributed by atoms with Crippen LogP contribution in [0.15, 0.2) is 48.6 Å². The molecule has 9 nitrogen and oxygen atoms in total.